The van der Waals surface area contributed by atoms with Crippen LogP contribution in [0.2, 0.25) is 0 Å². The van der Waals surface area contributed by atoms with Crippen LogP contribution < -0.4 is 10.0 Å². The maximum absolute atomic E-state index is 11.8. The summed E-state index contributed by atoms with van der Waals surface area (Å²) in [5.41, 5.74) is 0.612. The Morgan fingerprint density at radius 1 is 1.26 bits per heavy atom. The standard InChI is InChI=1S/C13H22N2O3S/c1-11(2)18-10-6-9-15-12-7-4-5-8-13(12)19(16,17)14-3/h4-5,7-8,11,14-15H,6,9-10H2,1-3H3. The van der Waals surface area contributed by atoms with Gasteiger partial charge in [-0.05, 0) is 39.4 Å². The molecule has 0 unspecified atom stereocenters. The minimum Gasteiger partial charge on any atom is -0.384 e. The molecule has 0 saturated heterocycles. The number of ether oxygens (including phenoxy) is 1. The summed E-state index contributed by atoms with van der Waals surface area (Å²) < 4.78 is 31.4. The fourth-order valence-electron chi connectivity index (χ4n) is 1.57. The average molecular weight is 286 g/mol. The number of hydrogen-bond donors (Lipinski definition) is 2. The van der Waals surface area contributed by atoms with E-state index in [1.165, 1.54) is 7.05 Å². The number of benzene rings is 1. The number of sulfonamides is 1. The number of para-hydroxylation sites is 1. The molecule has 1 aromatic rings. The van der Waals surface area contributed by atoms with Gasteiger partial charge in [0, 0.05) is 13.2 Å². The van der Waals surface area contributed by atoms with Crippen molar-refractivity contribution in [1.29, 1.82) is 0 Å². The molecule has 0 radical (unpaired) electrons. The molecule has 0 aliphatic heterocycles. The van der Waals surface area contributed by atoms with Crippen molar-refractivity contribution in [3.8, 4) is 0 Å². The minimum atomic E-state index is -3.43. The zero-order chi connectivity index (χ0) is 14.3. The van der Waals surface area contributed by atoms with E-state index in [0.29, 0.717) is 18.8 Å². The molecular formula is C13H22N2O3S. The van der Waals surface area contributed by atoms with Gasteiger partial charge in [0.05, 0.1) is 11.8 Å². The second-order valence-corrected chi connectivity index (χ2v) is 6.26. The van der Waals surface area contributed by atoms with E-state index in [4.69, 9.17) is 4.74 Å². The van der Waals surface area contributed by atoms with E-state index >= 15 is 0 Å². The Hall–Kier alpha value is -1.11. The van der Waals surface area contributed by atoms with Gasteiger partial charge >= 0.3 is 0 Å². The highest BCUT2D eigenvalue weighted by molar-refractivity contribution is 7.89. The third kappa shape index (κ3) is 5.18. The summed E-state index contributed by atoms with van der Waals surface area (Å²) in [6, 6.07) is 6.85. The highest BCUT2D eigenvalue weighted by atomic mass is 32.2. The smallest absolute Gasteiger partial charge is 0.242 e. The Morgan fingerprint density at radius 2 is 1.95 bits per heavy atom. The van der Waals surface area contributed by atoms with Crippen molar-refractivity contribution in [2.45, 2.75) is 31.3 Å². The van der Waals surface area contributed by atoms with Crippen LogP contribution in [0.25, 0.3) is 0 Å². The number of hydrogen-bond acceptors (Lipinski definition) is 4. The van der Waals surface area contributed by atoms with Gasteiger partial charge in [-0.1, -0.05) is 12.1 Å². The molecule has 19 heavy (non-hydrogen) atoms. The predicted molar refractivity (Wildman–Crippen MR) is 76.9 cm³/mol. The topological polar surface area (TPSA) is 67.4 Å². The summed E-state index contributed by atoms with van der Waals surface area (Å²) in [4.78, 5) is 0.266. The van der Waals surface area contributed by atoms with Crippen LogP contribution in [0.5, 0.6) is 0 Å². The summed E-state index contributed by atoms with van der Waals surface area (Å²) in [5, 5.41) is 3.13. The quantitative estimate of drug-likeness (QED) is 0.715. The Balaban J connectivity index is 2.59. The van der Waals surface area contributed by atoms with Gasteiger partial charge in [-0.15, -0.1) is 0 Å². The van der Waals surface area contributed by atoms with Crippen LogP contribution in [-0.4, -0.2) is 34.7 Å². The zero-order valence-corrected chi connectivity index (χ0v) is 12.5. The molecule has 0 amide bonds. The Kier molecular flexibility index (Phi) is 6.27. The maximum Gasteiger partial charge on any atom is 0.242 e. The highest BCUT2D eigenvalue weighted by Crippen LogP contribution is 2.20. The summed E-state index contributed by atoms with van der Waals surface area (Å²) in [6.45, 7) is 5.30. The van der Waals surface area contributed by atoms with Crippen LogP contribution in [0.15, 0.2) is 29.2 Å². The second kappa shape index (κ2) is 7.47. The molecule has 0 atom stereocenters. The third-order valence-corrected chi connectivity index (χ3v) is 4.01. The summed E-state index contributed by atoms with van der Waals surface area (Å²) >= 11 is 0. The molecule has 0 aromatic heterocycles. The van der Waals surface area contributed by atoms with Gasteiger partial charge in [0.25, 0.3) is 0 Å². The van der Waals surface area contributed by atoms with Gasteiger partial charge in [-0.2, -0.15) is 0 Å². The first-order valence-electron chi connectivity index (χ1n) is 6.35. The fraction of sp³-hybridized carbons (Fsp3) is 0.538. The molecule has 108 valence electrons. The lowest BCUT2D eigenvalue weighted by Crippen LogP contribution is -2.20. The minimum absolute atomic E-state index is 0.219. The van der Waals surface area contributed by atoms with Crippen molar-refractivity contribution in [1.82, 2.24) is 4.72 Å². The van der Waals surface area contributed by atoms with Crippen LogP contribution in [-0.2, 0) is 14.8 Å². The number of anilines is 1. The molecule has 2 N–H and O–H groups in total. The van der Waals surface area contributed by atoms with Crippen molar-refractivity contribution < 1.29 is 13.2 Å². The summed E-state index contributed by atoms with van der Waals surface area (Å²) in [7, 11) is -2.02. The number of nitrogens with one attached hydrogen (secondary N) is 2. The number of rotatable bonds is 8. The first kappa shape index (κ1) is 15.9. The maximum atomic E-state index is 11.8. The van der Waals surface area contributed by atoms with Crippen molar-refractivity contribution >= 4 is 15.7 Å². The Morgan fingerprint density at radius 3 is 2.58 bits per heavy atom. The second-order valence-electron chi connectivity index (χ2n) is 4.40. The Labute approximate surface area is 115 Å². The molecule has 0 heterocycles. The van der Waals surface area contributed by atoms with Gasteiger partial charge in [0.2, 0.25) is 10.0 Å². The van der Waals surface area contributed by atoms with Crippen LogP contribution in [0, 0.1) is 0 Å². The first-order valence-corrected chi connectivity index (χ1v) is 7.83. The van der Waals surface area contributed by atoms with Gasteiger partial charge in [0.15, 0.2) is 0 Å². The summed E-state index contributed by atoms with van der Waals surface area (Å²) in [5.74, 6) is 0. The average Bonchev–Trinajstić information content (AvgIpc) is 2.38. The molecule has 0 fully saturated rings. The largest absolute Gasteiger partial charge is 0.384 e. The molecule has 0 aliphatic rings. The molecule has 0 bridgehead atoms. The van der Waals surface area contributed by atoms with Crippen molar-refractivity contribution in [3.63, 3.8) is 0 Å². The molecule has 0 spiro atoms. The van der Waals surface area contributed by atoms with E-state index in [1.54, 1.807) is 18.2 Å². The van der Waals surface area contributed by atoms with E-state index in [2.05, 4.69) is 10.0 Å². The Bertz CT molecular complexity index is 486. The summed E-state index contributed by atoms with van der Waals surface area (Å²) in [6.07, 6.45) is 1.04. The highest BCUT2D eigenvalue weighted by Gasteiger charge is 2.15. The molecule has 1 rings (SSSR count). The van der Waals surface area contributed by atoms with Gasteiger partial charge in [0.1, 0.15) is 4.90 Å². The van der Waals surface area contributed by atoms with Crippen LogP contribution in [0.1, 0.15) is 20.3 Å². The van der Waals surface area contributed by atoms with E-state index < -0.39 is 10.0 Å². The van der Waals surface area contributed by atoms with Crippen molar-refractivity contribution in [2.75, 3.05) is 25.5 Å². The lowest BCUT2D eigenvalue weighted by molar-refractivity contribution is 0.0787. The lowest BCUT2D eigenvalue weighted by Gasteiger charge is -2.12. The predicted octanol–water partition coefficient (Wildman–Crippen LogP) is 1.82. The van der Waals surface area contributed by atoms with E-state index in [-0.39, 0.29) is 11.0 Å². The molecule has 1 aromatic carbocycles. The lowest BCUT2D eigenvalue weighted by atomic mass is 10.3. The van der Waals surface area contributed by atoms with Crippen LogP contribution in [0.3, 0.4) is 0 Å². The molecule has 0 saturated carbocycles. The van der Waals surface area contributed by atoms with Crippen LogP contribution >= 0.6 is 0 Å². The first-order chi connectivity index (χ1) is 8.97. The molecular weight excluding hydrogens is 264 g/mol. The van der Waals surface area contributed by atoms with Gasteiger partial charge < -0.3 is 10.1 Å². The fourth-order valence-corrected chi connectivity index (χ4v) is 2.48. The SMILES string of the molecule is CNS(=O)(=O)c1ccccc1NCCCOC(C)C. The van der Waals surface area contributed by atoms with Crippen molar-refractivity contribution in [2.24, 2.45) is 0 Å². The van der Waals surface area contributed by atoms with Gasteiger partial charge in [-0.25, -0.2) is 13.1 Å². The molecule has 0 aliphatic carbocycles. The van der Waals surface area contributed by atoms with Crippen LogP contribution in [0.4, 0.5) is 5.69 Å². The van der Waals surface area contributed by atoms with Gasteiger partial charge in [-0.3, -0.25) is 0 Å². The van der Waals surface area contributed by atoms with E-state index in [1.807, 2.05) is 19.9 Å². The van der Waals surface area contributed by atoms with Crippen molar-refractivity contribution in [3.05, 3.63) is 24.3 Å². The third-order valence-electron chi connectivity index (χ3n) is 2.53. The molecule has 6 heteroatoms. The van der Waals surface area contributed by atoms with E-state index in [0.717, 1.165) is 6.42 Å². The zero-order valence-electron chi connectivity index (χ0n) is 11.6. The molecule has 5 nitrogen and oxygen atoms in total. The normalized spacial score (nSPS) is 11.8. The monoisotopic (exact) mass is 286 g/mol. The van der Waals surface area contributed by atoms with E-state index in [9.17, 15) is 8.42 Å².